The van der Waals surface area contributed by atoms with Crippen LogP contribution in [0.15, 0.2) is 11.4 Å². The average molecular weight is 262 g/mol. The Kier molecular flexibility index (Phi) is 4.76. The van der Waals surface area contributed by atoms with E-state index >= 15 is 0 Å². The molecule has 0 aliphatic heterocycles. The van der Waals surface area contributed by atoms with Gasteiger partial charge in [-0.1, -0.05) is 11.6 Å². The number of thiophene rings is 1. The summed E-state index contributed by atoms with van der Waals surface area (Å²) < 4.78 is 0. The van der Waals surface area contributed by atoms with Gasteiger partial charge in [-0.15, -0.1) is 11.3 Å². The van der Waals surface area contributed by atoms with Gasteiger partial charge in [-0.25, -0.2) is 0 Å². The van der Waals surface area contributed by atoms with Crippen molar-refractivity contribution >= 4 is 34.8 Å². The van der Waals surface area contributed by atoms with E-state index in [0.29, 0.717) is 17.9 Å². The van der Waals surface area contributed by atoms with Crippen LogP contribution in [-0.4, -0.2) is 35.5 Å². The number of hydrogen-bond acceptors (Lipinski definition) is 3. The molecule has 0 aromatic carbocycles. The molecule has 0 atom stereocenters. The van der Waals surface area contributed by atoms with Crippen molar-refractivity contribution in [1.29, 1.82) is 0 Å². The Morgan fingerprint density at radius 2 is 2.25 bits per heavy atom. The Hall–Kier alpha value is -1.07. The molecule has 88 valence electrons. The molecule has 1 aromatic rings. The van der Waals surface area contributed by atoms with Crippen LogP contribution in [0.3, 0.4) is 0 Å². The second kappa shape index (κ2) is 5.86. The van der Waals surface area contributed by atoms with Gasteiger partial charge in [0.15, 0.2) is 0 Å². The highest BCUT2D eigenvalue weighted by Crippen LogP contribution is 2.20. The molecule has 1 aromatic heterocycles. The molecule has 0 unspecified atom stereocenters. The van der Waals surface area contributed by atoms with Gasteiger partial charge in [0.2, 0.25) is 5.91 Å². The van der Waals surface area contributed by atoms with Crippen molar-refractivity contribution in [3.05, 3.63) is 21.3 Å². The zero-order valence-electron chi connectivity index (χ0n) is 8.77. The standard InChI is InChI=1S/C10H12ClNO3S/c1-12(5-10(14)15)9(13)3-2-8-4-7(11)6-16-8/h4,6H,2-3,5H2,1H3,(H,14,15). The minimum Gasteiger partial charge on any atom is -0.480 e. The summed E-state index contributed by atoms with van der Waals surface area (Å²) in [5.41, 5.74) is 0. The monoisotopic (exact) mass is 261 g/mol. The fourth-order valence-electron chi connectivity index (χ4n) is 1.20. The summed E-state index contributed by atoms with van der Waals surface area (Å²) in [4.78, 5) is 24.1. The summed E-state index contributed by atoms with van der Waals surface area (Å²) in [5, 5.41) is 11.0. The van der Waals surface area contributed by atoms with E-state index in [4.69, 9.17) is 16.7 Å². The van der Waals surface area contributed by atoms with Gasteiger partial charge < -0.3 is 10.0 Å². The lowest BCUT2D eigenvalue weighted by molar-refractivity contribution is -0.143. The molecule has 1 N–H and O–H groups in total. The first kappa shape index (κ1) is 13.0. The van der Waals surface area contributed by atoms with Gasteiger partial charge >= 0.3 is 5.97 Å². The fourth-order valence-corrected chi connectivity index (χ4v) is 2.27. The third-order valence-electron chi connectivity index (χ3n) is 2.01. The second-order valence-corrected chi connectivity index (χ2v) is 4.81. The smallest absolute Gasteiger partial charge is 0.323 e. The summed E-state index contributed by atoms with van der Waals surface area (Å²) >= 11 is 7.24. The van der Waals surface area contributed by atoms with Crippen LogP contribution in [0.25, 0.3) is 0 Å². The van der Waals surface area contributed by atoms with Crippen molar-refractivity contribution in [2.45, 2.75) is 12.8 Å². The van der Waals surface area contributed by atoms with Crippen LogP contribution in [-0.2, 0) is 16.0 Å². The second-order valence-electron chi connectivity index (χ2n) is 3.37. The van der Waals surface area contributed by atoms with E-state index in [9.17, 15) is 9.59 Å². The van der Waals surface area contributed by atoms with Crippen LogP contribution < -0.4 is 0 Å². The number of amides is 1. The molecule has 1 amide bonds. The number of aryl methyl sites for hydroxylation is 1. The van der Waals surface area contributed by atoms with Crippen LogP contribution >= 0.6 is 22.9 Å². The van der Waals surface area contributed by atoms with Gasteiger partial charge in [0.05, 0.1) is 5.02 Å². The molecule has 0 saturated heterocycles. The summed E-state index contributed by atoms with van der Waals surface area (Å²) in [5.74, 6) is -1.18. The fraction of sp³-hybridized carbons (Fsp3) is 0.400. The first-order chi connectivity index (χ1) is 7.49. The Labute approximate surface area is 102 Å². The lowest BCUT2D eigenvalue weighted by Crippen LogP contribution is -2.31. The normalized spacial score (nSPS) is 10.1. The Morgan fingerprint density at radius 1 is 1.56 bits per heavy atom. The number of carboxylic acids is 1. The number of carbonyl (C=O) groups excluding carboxylic acids is 1. The molecule has 0 aliphatic rings. The predicted molar refractivity (Wildman–Crippen MR) is 62.9 cm³/mol. The van der Waals surface area contributed by atoms with Crippen LogP contribution in [0, 0.1) is 0 Å². The molecule has 0 spiro atoms. The highest BCUT2D eigenvalue weighted by atomic mass is 35.5. The van der Waals surface area contributed by atoms with Gasteiger partial charge in [-0.05, 0) is 12.5 Å². The number of likely N-dealkylation sites (N-methyl/N-ethyl adjacent to an activating group) is 1. The van der Waals surface area contributed by atoms with Crippen LogP contribution in [0.4, 0.5) is 0 Å². The molecule has 0 fully saturated rings. The van der Waals surface area contributed by atoms with E-state index in [1.54, 1.807) is 0 Å². The number of halogens is 1. The van der Waals surface area contributed by atoms with Crippen LogP contribution in [0.2, 0.25) is 5.02 Å². The molecular weight excluding hydrogens is 250 g/mol. The molecule has 1 rings (SSSR count). The Balaban J connectivity index is 2.37. The number of hydrogen-bond donors (Lipinski definition) is 1. The van der Waals surface area contributed by atoms with Crippen LogP contribution in [0.1, 0.15) is 11.3 Å². The lowest BCUT2D eigenvalue weighted by atomic mass is 10.2. The molecule has 4 nitrogen and oxygen atoms in total. The van der Waals surface area contributed by atoms with Crippen molar-refractivity contribution < 1.29 is 14.7 Å². The summed E-state index contributed by atoms with van der Waals surface area (Å²) in [6.45, 7) is -0.260. The van der Waals surface area contributed by atoms with E-state index in [-0.39, 0.29) is 12.5 Å². The summed E-state index contributed by atoms with van der Waals surface area (Å²) in [7, 11) is 1.48. The minimum atomic E-state index is -1.00. The molecule has 1 heterocycles. The topological polar surface area (TPSA) is 57.6 Å². The maximum Gasteiger partial charge on any atom is 0.323 e. The number of carbonyl (C=O) groups is 2. The molecule has 0 bridgehead atoms. The third-order valence-corrected chi connectivity index (χ3v) is 3.35. The highest BCUT2D eigenvalue weighted by Gasteiger charge is 2.12. The number of rotatable bonds is 5. The van der Waals surface area contributed by atoms with E-state index < -0.39 is 5.97 Å². The molecule has 6 heteroatoms. The Bertz CT molecular complexity index is 391. The highest BCUT2D eigenvalue weighted by molar-refractivity contribution is 7.10. The number of carboxylic acid groups (broad SMARTS) is 1. The van der Waals surface area contributed by atoms with E-state index in [1.807, 2.05) is 11.4 Å². The first-order valence-corrected chi connectivity index (χ1v) is 5.93. The molecule has 0 radical (unpaired) electrons. The molecule has 0 saturated carbocycles. The molecule has 16 heavy (non-hydrogen) atoms. The van der Waals surface area contributed by atoms with Gasteiger partial charge in [-0.3, -0.25) is 9.59 Å². The van der Waals surface area contributed by atoms with E-state index in [1.165, 1.54) is 23.3 Å². The van der Waals surface area contributed by atoms with Crippen molar-refractivity contribution in [3.8, 4) is 0 Å². The number of nitrogens with zero attached hydrogens (tertiary/aromatic N) is 1. The quantitative estimate of drug-likeness (QED) is 0.880. The summed E-state index contributed by atoms with van der Waals surface area (Å²) in [6.07, 6.45) is 0.904. The van der Waals surface area contributed by atoms with Crippen molar-refractivity contribution in [2.24, 2.45) is 0 Å². The van der Waals surface area contributed by atoms with Crippen molar-refractivity contribution in [1.82, 2.24) is 4.90 Å². The largest absolute Gasteiger partial charge is 0.480 e. The van der Waals surface area contributed by atoms with Gasteiger partial charge in [0, 0.05) is 23.7 Å². The van der Waals surface area contributed by atoms with Crippen LogP contribution in [0.5, 0.6) is 0 Å². The lowest BCUT2D eigenvalue weighted by Gasteiger charge is -2.13. The SMILES string of the molecule is CN(CC(=O)O)C(=O)CCc1cc(Cl)cs1. The first-order valence-electron chi connectivity index (χ1n) is 4.67. The van der Waals surface area contributed by atoms with Gasteiger partial charge in [0.25, 0.3) is 0 Å². The van der Waals surface area contributed by atoms with E-state index in [0.717, 1.165) is 4.88 Å². The predicted octanol–water partition coefficient (Wildman–Crippen LogP) is 1.88. The van der Waals surface area contributed by atoms with Crippen molar-refractivity contribution in [2.75, 3.05) is 13.6 Å². The minimum absolute atomic E-state index is 0.174. The number of aliphatic carboxylic acids is 1. The molecular formula is C10H12ClNO3S. The maximum atomic E-state index is 11.5. The van der Waals surface area contributed by atoms with Gasteiger partial charge in [0.1, 0.15) is 6.54 Å². The van der Waals surface area contributed by atoms with Crippen molar-refractivity contribution in [3.63, 3.8) is 0 Å². The zero-order valence-corrected chi connectivity index (χ0v) is 10.3. The summed E-state index contributed by atoms with van der Waals surface area (Å²) in [6, 6.07) is 1.82. The maximum absolute atomic E-state index is 11.5. The van der Waals surface area contributed by atoms with Gasteiger partial charge in [-0.2, -0.15) is 0 Å². The molecule has 0 aliphatic carbocycles. The average Bonchev–Trinajstić information content (AvgIpc) is 2.59. The zero-order chi connectivity index (χ0) is 12.1. The Morgan fingerprint density at radius 3 is 2.75 bits per heavy atom. The third kappa shape index (κ3) is 4.20. The van der Waals surface area contributed by atoms with E-state index in [2.05, 4.69) is 0 Å².